The van der Waals surface area contributed by atoms with Crippen molar-refractivity contribution in [1.29, 1.82) is 0 Å². The van der Waals surface area contributed by atoms with E-state index in [1.54, 1.807) is 0 Å². The van der Waals surface area contributed by atoms with E-state index >= 15 is 0 Å². The zero-order chi connectivity index (χ0) is 16.2. The fourth-order valence-corrected chi connectivity index (χ4v) is 4.48. The summed E-state index contributed by atoms with van der Waals surface area (Å²) in [5.74, 6) is 0. The van der Waals surface area contributed by atoms with Crippen LogP contribution in [0.3, 0.4) is 0 Å². The Kier molecular flexibility index (Phi) is 4.58. The van der Waals surface area contributed by atoms with Crippen LogP contribution in [0.2, 0.25) is 0 Å². The minimum absolute atomic E-state index is 0.350. The van der Waals surface area contributed by atoms with E-state index in [1.165, 1.54) is 56.6 Å². The summed E-state index contributed by atoms with van der Waals surface area (Å²) in [7, 11) is 0. The normalized spacial score (nSPS) is 25.3. The molecule has 0 aliphatic carbocycles. The standard InChI is InChI=1S/C20H26N4/c1-2-11-22-19(7-1)16-23-12-4-8-20(17-23)9-5-13-24(20)15-18-6-3-10-21-14-18/h1-3,6-7,10-11,14H,4-5,8-9,12-13,15-17H2. The van der Waals surface area contributed by atoms with Crippen LogP contribution < -0.4 is 0 Å². The number of likely N-dealkylation sites (tertiary alicyclic amines) is 2. The molecule has 2 aliphatic heterocycles. The van der Waals surface area contributed by atoms with Crippen LogP contribution in [0.1, 0.15) is 36.9 Å². The lowest BCUT2D eigenvalue weighted by Gasteiger charge is -2.46. The van der Waals surface area contributed by atoms with E-state index in [1.807, 2.05) is 30.7 Å². The van der Waals surface area contributed by atoms with E-state index in [-0.39, 0.29) is 0 Å². The van der Waals surface area contributed by atoms with Crippen molar-refractivity contribution < 1.29 is 0 Å². The Balaban J connectivity index is 1.46. The molecule has 4 heteroatoms. The SMILES string of the molecule is c1ccc(CN2CCCC3(CCCN3Cc3cccnc3)C2)nc1. The van der Waals surface area contributed by atoms with Gasteiger partial charge in [-0.2, -0.15) is 0 Å². The molecule has 1 atom stereocenters. The lowest BCUT2D eigenvalue weighted by atomic mass is 9.86. The molecule has 2 aliphatic rings. The summed E-state index contributed by atoms with van der Waals surface area (Å²) in [4.78, 5) is 14.1. The van der Waals surface area contributed by atoms with Crippen LogP contribution in [0.25, 0.3) is 0 Å². The van der Waals surface area contributed by atoms with Crippen molar-refractivity contribution in [3.63, 3.8) is 0 Å². The zero-order valence-electron chi connectivity index (χ0n) is 14.3. The molecule has 4 rings (SSSR count). The molecule has 1 unspecified atom stereocenters. The lowest BCUT2D eigenvalue weighted by molar-refractivity contribution is 0.0323. The smallest absolute Gasteiger partial charge is 0.0543 e. The number of nitrogens with zero attached hydrogens (tertiary/aromatic N) is 4. The maximum Gasteiger partial charge on any atom is 0.0543 e. The van der Waals surface area contributed by atoms with Gasteiger partial charge in [-0.15, -0.1) is 0 Å². The molecule has 4 heterocycles. The first kappa shape index (κ1) is 15.7. The van der Waals surface area contributed by atoms with Crippen LogP contribution >= 0.6 is 0 Å². The van der Waals surface area contributed by atoms with Crippen LogP contribution in [0.5, 0.6) is 0 Å². The third kappa shape index (κ3) is 3.35. The van der Waals surface area contributed by atoms with E-state index in [2.05, 4.69) is 38.0 Å². The van der Waals surface area contributed by atoms with Crippen molar-refractivity contribution in [2.75, 3.05) is 19.6 Å². The predicted octanol–water partition coefficient (Wildman–Crippen LogP) is 3.11. The summed E-state index contributed by atoms with van der Waals surface area (Å²) >= 11 is 0. The predicted molar refractivity (Wildman–Crippen MR) is 95.4 cm³/mol. The summed E-state index contributed by atoms with van der Waals surface area (Å²) in [6.45, 7) is 5.59. The Bertz CT molecular complexity index is 645. The van der Waals surface area contributed by atoms with Gasteiger partial charge in [-0.05, 0) is 62.5 Å². The number of hydrogen-bond acceptors (Lipinski definition) is 4. The average Bonchev–Trinajstić information content (AvgIpc) is 2.98. The van der Waals surface area contributed by atoms with Crippen molar-refractivity contribution in [2.45, 2.75) is 44.3 Å². The summed E-state index contributed by atoms with van der Waals surface area (Å²) in [5.41, 5.74) is 2.87. The largest absolute Gasteiger partial charge is 0.296 e. The number of piperidine rings is 1. The summed E-state index contributed by atoms with van der Waals surface area (Å²) in [6, 6.07) is 10.5. The van der Waals surface area contributed by atoms with Gasteiger partial charge in [0.15, 0.2) is 0 Å². The second-order valence-corrected chi connectivity index (χ2v) is 7.25. The van der Waals surface area contributed by atoms with Crippen molar-refractivity contribution in [2.24, 2.45) is 0 Å². The van der Waals surface area contributed by atoms with E-state index < -0.39 is 0 Å². The fourth-order valence-electron chi connectivity index (χ4n) is 4.48. The van der Waals surface area contributed by atoms with Gasteiger partial charge in [-0.25, -0.2) is 0 Å². The first-order valence-corrected chi connectivity index (χ1v) is 9.10. The van der Waals surface area contributed by atoms with Crippen molar-refractivity contribution in [3.05, 3.63) is 60.2 Å². The number of aromatic nitrogens is 2. The monoisotopic (exact) mass is 322 g/mol. The Morgan fingerprint density at radius 1 is 0.958 bits per heavy atom. The third-order valence-electron chi connectivity index (χ3n) is 5.58. The summed E-state index contributed by atoms with van der Waals surface area (Å²) < 4.78 is 0. The summed E-state index contributed by atoms with van der Waals surface area (Å²) in [6.07, 6.45) is 11.0. The topological polar surface area (TPSA) is 32.3 Å². The fraction of sp³-hybridized carbons (Fsp3) is 0.500. The molecule has 1 spiro atoms. The zero-order valence-corrected chi connectivity index (χ0v) is 14.3. The first-order chi connectivity index (χ1) is 11.8. The van der Waals surface area contributed by atoms with Gasteiger partial charge in [0.1, 0.15) is 0 Å². The van der Waals surface area contributed by atoms with Gasteiger partial charge < -0.3 is 0 Å². The van der Waals surface area contributed by atoms with Gasteiger partial charge in [0.25, 0.3) is 0 Å². The highest BCUT2D eigenvalue weighted by molar-refractivity contribution is 5.12. The van der Waals surface area contributed by atoms with Crippen LogP contribution in [0, 0.1) is 0 Å². The van der Waals surface area contributed by atoms with Gasteiger partial charge in [0, 0.05) is 43.8 Å². The highest BCUT2D eigenvalue weighted by Gasteiger charge is 2.43. The second kappa shape index (κ2) is 6.99. The minimum Gasteiger partial charge on any atom is -0.296 e. The molecular formula is C20H26N4. The maximum atomic E-state index is 4.51. The van der Waals surface area contributed by atoms with Gasteiger partial charge in [0.2, 0.25) is 0 Å². The van der Waals surface area contributed by atoms with Crippen molar-refractivity contribution in [3.8, 4) is 0 Å². The highest BCUT2D eigenvalue weighted by atomic mass is 15.3. The quantitative estimate of drug-likeness (QED) is 0.866. The van der Waals surface area contributed by atoms with Gasteiger partial charge >= 0.3 is 0 Å². The molecule has 24 heavy (non-hydrogen) atoms. The second-order valence-electron chi connectivity index (χ2n) is 7.25. The Labute approximate surface area is 144 Å². The van der Waals surface area contributed by atoms with E-state index in [4.69, 9.17) is 0 Å². The molecule has 0 amide bonds. The van der Waals surface area contributed by atoms with Crippen LogP contribution in [-0.2, 0) is 13.1 Å². The van der Waals surface area contributed by atoms with Crippen LogP contribution in [-0.4, -0.2) is 44.9 Å². The van der Waals surface area contributed by atoms with Crippen molar-refractivity contribution >= 4 is 0 Å². The molecule has 2 fully saturated rings. The molecule has 0 saturated carbocycles. The van der Waals surface area contributed by atoms with E-state index in [0.29, 0.717) is 5.54 Å². The van der Waals surface area contributed by atoms with Gasteiger partial charge in [-0.1, -0.05) is 12.1 Å². The van der Waals surface area contributed by atoms with E-state index in [0.717, 1.165) is 13.1 Å². The molecule has 2 aromatic rings. The van der Waals surface area contributed by atoms with Gasteiger partial charge in [0.05, 0.1) is 5.69 Å². The Morgan fingerprint density at radius 2 is 1.88 bits per heavy atom. The molecule has 0 N–H and O–H groups in total. The van der Waals surface area contributed by atoms with Crippen LogP contribution in [0.15, 0.2) is 48.9 Å². The molecule has 0 aromatic carbocycles. The summed E-state index contributed by atoms with van der Waals surface area (Å²) in [5, 5.41) is 0. The lowest BCUT2D eigenvalue weighted by Crippen LogP contribution is -2.55. The van der Waals surface area contributed by atoms with Gasteiger partial charge in [-0.3, -0.25) is 19.8 Å². The first-order valence-electron chi connectivity index (χ1n) is 9.10. The number of hydrogen-bond donors (Lipinski definition) is 0. The maximum absolute atomic E-state index is 4.51. The molecule has 2 aromatic heterocycles. The molecule has 2 saturated heterocycles. The van der Waals surface area contributed by atoms with E-state index in [9.17, 15) is 0 Å². The van der Waals surface area contributed by atoms with Crippen molar-refractivity contribution in [1.82, 2.24) is 19.8 Å². The number of pyridine rings is 2. The molecule has 4 nitrogen and oxygen atoms in total. The Morgan fingerprint density at radius 3 is 2.67 bits per heavy atom. The third-order valence-corrected chi connectivity index (χ3v) is 5.58. The number of rotatable bonds is 4. The highest BCUT2D eigenvalue weighted by Crippen LogP contribution is 2.38. The minimum atomic E-state index is 0.350. The Hall–Kier alpha value is -1.78. The molecule has 126 valence electrons. The molecular weight excluding hydrogens is 296 g/mol. The average molecular weight is 322 g/mol. The molecule has 0 bridgehead atoms. The van der Waals surface area contributed by atoms with Crippen LogP contribution in [0.4, 0.5) is 0 Å². The molecule has 0 radical (unpaired) electrons.